The first-order valence-corrected chi connectivity index (χ1v) is 5.72. The van der Waals surface area contributed by atoms with Crippen LogP contribution in [0.4, 0.5) is 0 Å². The van der Waals surface area contributed by atoms with Crippen molar-refractivity contribution in [2.24, 2.45) is 0 Å². The summed E-state index contributed by atoms with van der Waals surface area (Å²) >= 11 is 0. The Balaban J connectivity index is 3.12. The van der Waals surface area contributed by atoms with E-state index in [1.807, 2.05) is 32.0 Å². The van der Waals surface area contributed by atoms with Crippen LogP contribution in [0.15, 0.2) is 18.2 Å². The molecule has 0 aliphatic rings. The highest BCUT2D eigenvalue weighted by molar-refractivity contribution is 5.45. The molecule has 0 saturated carbocycles. The summed E-state index contributed by atoms with van der Waals surface area (Å²) in [4.78, 5) is 0. The highest BCUT2D eigenvalue weighted by Gasteiger charge is 2.21. The molecule has 1 aromatic rings. The van der Waals surface area contributed by atoms with Gasteiger partial charge in [-0.2, -0.15) is 0 Å². The minimum absolute atomic E-state index is 0.462. The second-order valence-electron chi connectivity index (χ2n) is 3.32. The molecular formula is C13H20O4. The number of ether oxygens (including phenoxy) is 4. The van der Waals surface area contributed by atoms with Crippen LogP contribution >= 0.6 is 0 Å². The van der Waals surface area contributed by atoms with Gasteiger partial charge in [0.15, 0.2) is 6.29 Å². The van der Waals surface area contributed by atoms with Crippen LogP contribution in [0.5, 0.6) is 11.5 Å². The molecule has 17 heavy (non-hydrogen) atoms. The van der Waals surface area contributed by atoms with Gasteiger partial charge in [-0.25, -0.2) is 0 Å². The highest BCUT2D eigenvalue weighted by atomic mass is 16.7. The molecule has 1 rings (SSSR count). The highest BCUT2D eigenvalue weighted by Crippen LogP contribution is 2.36. The fourth-order valence-corrected chi connectivity index (χ4v) is 1.63. The van der Waals surface area contributed by atoms with Gasteiger partial charge in [-0.3, -0.25) is 0 Å². The average molecular weight is 240 g/mol. The van der Waals surface area contributed by atoms with Crippen LogP contribution in [0.25, 0.3) is 0 Å². The SMILES string of the molecule is CCOC(OCC)c1c(OC)cccc1OC. The minimum atomic E-state index is -0.462. The zero-order valence-corrected chi connectivity index (χ0v) is 10.9. The maximum absolute atomic E-state index is 5.57. The number of rotatable bonds is 7. The Morgan fingerprint density at radius 1 is 0.941 bits per heavy atom. The smallest absolute Gasteiger partial charge is 0.190 e. The van der Waals surface area contributed by atoms with Gasteiger partial charge in [0.25, 0.3) is 0 Å². The van der Waals surface area contributed by atoms with E-state index in [9.17, 15) is 0 Å². The predicted octanol–water partition coefficient (Wildman–Crippen LogP) is 2.78. The maximum Gasteiger partial charge on any atom is 0.190 e. The molecule has 1 aromatic carbocycles. The first kappa shape index (κ1) is 13.8. The molecule has 0 aliphatic carbocycles. The third-order valence-electron chi connectivity index (χ3n) is 2.34. The van der Waals surface area contributed by atoms with Crippen LogP contribution in [0.1, 0.15) is 25.7 Å². The van der Waals surface area contributed by atoms with Gasteiger partial charge in [0.1, 0.15) is 11.5 Å². The Hall–Kier alpha value is -1.26. The summed E-state index contributed by atoms with van der Waals surface area (Å²) in [7, 11) is 3.24. The minimum Gasteiger partial charge on any atom is -0.496 e. The molecule has 96 valence electrons. The zero-order valence-electron chi connectivity index (χ0n) is 10.9. The van der Waals surface area contributed by atoms with E-state index in [2.05, 4.69) is 0 Å². The summed E-state index contributed by atoms with van der Waals surface area (Å²) in [5.41, 5.74) is 0.793. The molecule has 0 atom stereocenters. The van der Waals surface area contributed by atoms with E-state index in [1.165, 1.54) is 0 Å². The van der Waals surface area contributed by atoms with E-state index in [4.69, 9.17) is 18.9 Å². The summed E-state index contributed by atoms with van der Waals surface area (Å²) in [6.07, 6.45) is -0.462. The molecule has 0 saturated heterocycles. The molecule has 4 heteroatoms. The normalized spacial score (nSPS) is 10.6. The predicted molar refractivity (Wildman–Crippen MR) is 65.5 cm³/mol. The molecule has 0 fully saturated rings. The van der Waals surface area contributed by atoms with Gasteiger partial charge in [0, 0.05) is 13.2 Å². The Morgan fingerprint density at radius 3 is 1.76 bits per heavy atom. The Kier molecular flexibility index (Phi) is 5.80. The summed E-state index contributed by atoms with van der Waals surface area (Å²) in [6, 6.07) is 5.60. The van der Waals surface area contributed by atoms with Crippen molar-refractivity contribution < 1.29 is 18.9 Å². The van der Waals surface area contributed by atoms with Crippen LogP contribution in [0, 0.1) is 0 Å². The van der Waals surface area contributed by atoms with Crippen molar-refractivity contribution in [3.05, 3.63) is 23.8 Å². The molecule has 0 aliphatic heterocycles. The van der Waals surface area contributed by atoms with E-state index < -0.39 is 6.29 Å². The lowest BCUT2D eigenvalue weighted by molar-refractivity contribution is -0.141. The fourth-order valence-electron chi connectivity index (χ4n) is 1.63. The van der Waals surface area contributed by atoms with Gasteiger partial charge in [-0.05, 0) is 26.0 Å². The van der Waals surface area contributed by atoms with Crippen molar-refractivity contribution in [2.45, 2.75) is 20.1 Å². The lowest BCUT2D eigenvalue weighted by Gasteiger charge is -2.21. The molecule has 0 spiro atoms. The Labute approximate surface area is 102 Å². The van der Waals surface area contributed by atoms with Crippen molar-refractivity contribution in [3.63, 3.8) is 0 Å². The van der Waals surface area contributed by atoms with Gasteiger partial charge < -0.3 is 18.9 Å². The topological polar surface area (TPSA) is 36.9 Å². The number of methoxy groups -OCH3 is 2. The molecule has 4 nitrogen and oxygen atoms in total. The number of hydrogen-bond donors (Lipinski definition) is 0. The Bertz CT molecular complexity index is 310. The largest absolute Gasteiger partial charge is 0.496 e. The van der Waals surface area contributed by atoms with Crippen LogP contribution in [0.2, 0.25) is 0 Å². The molecule has 0 amide bonds. The van der Waals surface area contributed by atoms with Crippen molar-refractivity contribution in [3.8, 4) is 11.5 Å². The second kappa shape index (κ2) is 7.14. The maximum atomic E-state index is 5.57. The Morgan fingerprint density at radius 2 is 1.41 bits per heavy atom. The summed E-state index contributed by atoms with van der Waals surface area (Å²) in [6.45, 7) is 4.97. The summed E-state index contributed by atoms with van der Waals surface area (Å²) in [5, 5.41) is 0. The third kappa shape index (κ3) is 3.35. The zero-order chi connectivity index (χ0) is 12.7. The molecule has 0 N–H and O–H groups in total. The lowest BCUT2D eigenvalue weighted by Crippen LogP contribution is -2.11. The molecule has 0 bridgehead atoms. The van der Waals surface area contributed by atoms with E-state index in [0.29, 0.717) is 24.7 Å². The van der Waals surface area contributed by atoms with Crippen LogP contribution < -0.4 is 9.47 Å². The quantitative estimate of drug-likeness (QED) is 0.687. The third-order valence-corrected chi connectivity index (χ3v) is 2.34. The van der Waals surface area contributed by atoms with E-state index in [1.54, 1.807) is 14.2 Å². The van der Waals surface area contributed by atoms with Crippen molar-refractivity contribution in [1.29, 1.82) is 0 Å². The van der Waals surface area contributed by atoms with Crippen LogP contribution in [-0.2, 0) is 9.47 Å². The average Bonchev–Trinajstić information content (AvgIpc) is 2.37. The van der Waals surface area contributed by atoms with Gasteiger partial charge >= 0.3 is 0 Å². The standard InChI is InChI=1S/C13H20O4/c1-5-16-13(17-6-2)12-10(14-3)8-7-9-11(12)15-4/h7-9,13H,5-6H2,1-4H3. The molecule has 0 heterocycles. The number of hydrogen-bond acceptors (Lipinski definition) is 4. The molecule has 0 unspecified atom stereocenters. The number of benzene rings is 1. The van der Waals surface area contributed by atoms with E-state index in [0.717, 1.165) is 5.56 Å². The van der Waals surface area contributed by atoms with Crippen molar-refractivity contribution >= 4 is 0 Å². The van der Waals surface area contributed by atoms with Crippen LogP contribution in [0.3, 0.4) is 0 Å². The first-order chi connectivity index (χ1) is 8.28. The monoisotopic (exact) mass is 240 g/mol. The van der Waals surface area contributed by atoms with Crippen LogP contribution in [-0.4, -0.2) is 27.4 Å². The lowest BCUT2D eigenvalue weighted by atomic mass is 10.1. The first-order valence-electron chi connectivity index (χ1n) is 5.72. The second-order valence-corrected chi connectivity index (χ2v) is 3.32. The summed E-state index contributed by atoms with van der Waals surface area (Å²) < 4.78 is 21.8. The van der Waals surface area contributed by atoms with Gasteiger partial charge in [-0.15, -0.1) is 0 Å². The fraction of sp³-hybridized carbons (Fsp3) is 0.538. The molecular weight excluding hydrogens is 220 g/mol. The van der Waals surface area contributed by atoms with Gasteiger partial charge in [-0.1, -0.05) is 6.07 Å². The van der Waals surface area contributed by atoms with Crippen molar-refractivity contribution in [1.82, 2.24) is 0 Å². The van der Waals surface area contributed by atoms with E-state index in [-0.39, 0.29) is 0 Å². The van der Waals surface area contributed by atoms with Gasteiger partial charge in [0.2, 0.25) is 0 Å². The molecule has 0 radical (unpaired) electrons. The summed E-state index contributed by atoms with van der Waals surface area (Å²) in [5.74, 6) is 1.41. The molecule has 0 aromatic heterocycles. The van der Waals surface area contributed by atoms with E-state index >= 15 is 0 Å². The van der Waals surface area contributed by atoms with Gasteiger partial charge in [0.05, 0.1) is 19.8 Å². The van der Waals surface area contributed by atoms with Crippen molar-refractivity contribution in [2.75, 3.05) is 27.4 Å².